The highest BCUT2D eigenvalue weighted by atomic mass is 127. The van der Waals surface area contributed by atoms with Gasteiger partial charge >= 0.3 is 0 Å². The Balaban J connectivity index is 2.52. The average molecular weight is 342 g/mol. The summed E-state index contributed by atoms with van der Waals surface area (Å²) in [5.41, 5.74) is 0. The van der Waals surface area contributed by atoms with Gasteiger partial charge < -0.3 is 14.6 Å². The van der Waals surface area contributed by atoms with E-state index in [-0.39, 0.29) is 10.9 Å². The monoisotopic (exact) mass is 342 g/mol. The molecule has 0 spiro atoms. The highest BCUT2D eigenvalue weighted by Gasteiger charge is 2.21. The van der Waals surface area contributed by atoms with Crippen LogP contribution >= 0.6 is 34.4 Å². The summed E-state index contributed by atoms with van der Waals surface area (Å²) in [4.78, 5) is 10.7. The molecule has 1 aromatic heterocycles. The third-order valence-corrected chi connectivity index (χ3v) is 3.20. The van der Waals surface area contributed by atoms with E-state index in [9.17, 15) is 15.0 Å². The maximum atomic E-state index is 10.7. The van der Waals surface area contributed by atoms with Gasteiger partial charge in [0.25, 0.3) is 0 Å². The van der Waals surface area contributed by atoms with E-state index in [0.717, 1.165) is 11.8 Å². The molecule has 0 bridgehead atoms. The van der Waals surface area contributed by atoms with Crippen molar-refractivity contribution in [3.05, 3.63) is 21.7 Å². The lowest BCUT2D eigenvalue weighted by Crippen LogP contribution is -2.20. The van der Waals surface area contributed by atoms with Crippen LogP contribution in [0.2, 0.25) is 0 Å². The first kappa shape index (κ1) is 13.0. The molecule has 2 unspecified atom stereocenters. The van der Waals surface area contributed by atoms with Gasteiger partial charge in [0.1, 0.15) is 11.9 Å². The number of carbonyl (C=O) groups is 1. The Morgan fingerprint density at radius 2 is 2.27 bits per heavy atom. The smallest absolute Gasteiger partial charge is 0.185 e. The van der Waals surface area contributed by atoms with Gasteiger partial charge in [0.05, 0.1) is 6.10 Å². The lowest BCUT2D eigenvalue weighted by molar-refractivity contribution is -0.109. The van der Waals surface area contributed by atoms with Crippen molar-refractivity contribution in [1.29, 1.82) is 0 Å². The minimum absolute atomic E-state index is 0.0877. The van der Waals surface area contributed by atoms with E-state index in [1.54, 1.807) is 12.1 Å². The molecule has 1 rings (SSSR count). The van der Waals surface area contributed by atoms with Crippen molar-refractivity contribution in [2.75, 3.05) is 5.75 Å². The van der Waals surface area contributed by atoms with E-state index in [1.807, 2.05) is 22.6 Å². The van der Waals surface area contributed by atoms with E-state index in [1.165, 1.54) is 6.92 Å². The van der Waals surface area contributed by atoms with Crippen LogP contribution in [0, 0.1) is 3.77 Å². The summed E-state index contributed by atoms with van der Waals surface area (Å²) in [6.45, 7) is 1.42. The summed E-state index contributed by atoms with van der Waals surface area (Å²) in [5.74, 6) is 0.476. The molecule has 2 N–H and O–H groups in total. The molecular formula is C9H11IO4S. The van der Waals surface area contributed by atoms with E-state index in [2.05, 4.69) is 0 Å². The lowest BCUT2D eigenvalue weighted by atomic mass is 10.2. The largest absolute Gasteiger partial charge is 0.453 e. The molecule has 6 heteroatoms. The van der Waals surface area contributed by atoms with Crippen LogP contribution in [-0.2, 0) is 4.79 Å². The number of aliphatic hydroxyl groups excluding tert-OH is 2. The SMILES string of the molecule is CC(=O)SCC(O)C(O)c1ccc(I)o1. The fourth-order valence-electron chi connectivity index (χ4n) is 0.971. The molecule has 0 aromatic carbocycles. The molecule has 4 nitrogen and oxygen atoms in total. The Labute approximate surface area is 105 Å². The third-order valence-electron chi connectivity index (χ3n) is 1.71. The summed E-state index contributed by atoms with van der Waals surface area (Å²) >= 11 is 2.95. The number of thioether (sulfide) groups is 1. The number of hydrogen-bond acceptors (Lipinski definition) is 5. The zero-order valence-electron chi connectivity index (χ0n) is 8.01. The van der Waals surface area contributed by atoms with E-state index < -0.39 is 12.2 Å². The number of furan rings is 1. The van der Waals surface area contributed by atoms with Crippen LogP contribution in [0.4, 0.5) is 0 Å². The molecule has 0 amide bonds. The fraction of sp³-hybridized carbons (Fsp3) is 0.444. The van der Waals surface area contributed by atoms with Gasteiger partial charge in [-0.25, -0.2) is 0 Å². The van der Waals surface area contributed by atoms with Crippen molar-refractivity contribution >= 4 is 39.5 Å². The summed E-state index contributed by atoms with van der Waals surface area (Å²) in [6, 6.07) is 3.30. The van der Waals surface area contributed by atoms with Crippen molar-refractivity contribution in [3.8, 4) is 0 Å². The van der Waals surface area contributed by atoms with Crippen LogP contribution in [0.25, 0.3) is 0 Å². The van der Waals surface area contributed by atoms with Crippen molar-refractivity contribution in [2.45, 2.75) is 19.1 Å². The Hall–Kier alpha value is -0.0500. The number of aliphatic hydroxyl groups is 2. The molecule has 15 heavy (non-hydrogen) atoms. The van der Waals surface area contributed by atoms with Crippen molar-refractivity contribution in [2.24, 2.45) is 0 Å². The molecule has 2 atom stereocenters. The lowest BCUT2D eigenvalue weighted by Gasteiger charge is -2.14. The highest BCUT2D eigenvalue weighted by Crippen LogP contribution is 2.22. The first-order chi connectivity index (χ1) is 7.00. The average Bonchev–Trinajstić information content (AvgIpc) is 2.60. The first-order valence-corrected chi connectivity index (χ1v) is 6.32. The maximum absolute atomic E-state index is 10.7. The van der Waals surface area contributed by atoms with Crippen molar-refractivity contribution in [1.82, 2.24) is 0 Å². The summed E-state index contributed by atoms with van der Waals surface area (Å²) in [7, 11) is 0. The molecule has 0 saturated carbocycles. The zero-order chi connectivity index (χ0) is 11.4. The summed E-state index contributed by atoms with van der Waals surface area (Å²) < 4.78 is 5.80. The molecule has 1 heterocycles. The highest BCUT2D eigenvalue weighted by molar-refractivity contribution is 14.1. The van der Waals surface area contributed by atoms with Gasteiger partial charge in [0, 0.05) is 12.7 Å². The maximum Gasteiger partial charge on any atom is 0.185 e. The first-order valence-electron chi connectivity index (χ1n) is 4.25. The van der Waals surface area contributed by atoms with Crippen molar-refractivity contribution < 1.29 is 19.4 Å². The molecule has 0 aliphatic carbocycles. The third kappa shape index (κ3) is 4.13. The quantitative estimate of drug-likeness (QED) is 0.813. The Morgan fingerprint density at radius 3 is 2.73 bits per heavy atom. The molecule has 0 radical (unpaired) electrons. The van der Waals surface area contributed by atoms with Crippen LogP contribution in [0.5, 0.6) is 0 Å². The zero-order valence-corrected chi connectivity index (χ0v) is 11.0. The molecule has 0 saturated heterocycles. The molecule has 0 aliphatic heterocycles. The topological polar surface area (TPSA) is 70.7 Å². The van der Waals surface area contributed by atoms with Gasteiger partial charge in [0.15, 0.2) is 8.88 Å². The predicted octanol–water partition coefficient (Wildman–Crippen LogP) is 1.56. The van der Waals surface area contributed by atoms with E-state index in [0.29, 0.717) is 9.53 Å². The van der Waals surface area contributed by atoms with Gasteiger partial charge in [-0.1, -0.05) is 11.8 Å². The molecule has 84 valence electrons. The summed E-state index contributed by atoms with van der Waals surface area (Å²) in [6.07, 6.45) is -2.08. The Morgan fingerprint density at radius 1 is 1.60 bits per heavy atom. The van der Waals surface area contributed by atoms with E-state index in [4.69, 9.17) is 4.42 Å². The second-order valence-corrected chi connectivity index (χ2v) is 5.22. The number of rotatable bonds is 4. The Kier molecular flexibility index (Phi) is 5.10. The van der Waals surface area contributed by atoms with Crippen LogP contribution in [-0.4, -0.2) is 27.2 Å². The van der Waals surface area contributed by atoms with Crippen LogP contribution in [0.15, 0.2) is 16.5 Å². The van der Waals surface area contributed by atoms with Gasteiger partial charge in [-0.3, -0.25) is 4.79 Å². The minimum atomic E-state index is -1.08. The minimum Gasteiger partial charge on any atom is -0.453 e. The van der Waals surface area contributed by atoms with Crippen LogP contribution in [0.1, 0.15) is 18.8 Å². The fourth-order valence-corrected chi connectivity index (χ4v) is 1.99. The predicted molar refractivity (Wildman–Crippen MR) is 65.5 cm³/mol. The second-order valence-electron chi connectivity index (χ2n) is 2.96. The summed E-state index contributed by atoms with van der Waals surface area (Å²) in [5, 5.41) is 19.1. The van der Waals surface area contributed by atoms with Crippen LogP contribution in [0.3, 0.4) is 0 Å². The van der Waals surface area contributed by atoms with E-state index >= 15 is 0 Å². The molecular weight excluding hydrogens is 331 g/mol. The molecule has 1 aromatic rings. The number of hydrogen-bond donors (Lipinski definition) is 2. The van der Waals surface area contributed by atoms with Crippen molar-refractivity contribution in [3.63, 3.8) is 0 Å². The number of carbonyl (C=O) groups excluding carboxylic acids is 1. The standard InChI is InChI=1S/C9H11IO4S/c1-5(11)15-4-6(12)9(13)7-2-3-8(10)14-7/h2-3,6,9,12-13H,4H2,1H3. The van der Waals surface area contributed by atoms with Gasteiger partial charge in [-0.05, 0) is 34.7 Å². The van der Waals surface area contributed by atoms with Gasteiger partial charge in [-0.2, -0.15) is 0 Å². The molecule has 0 aliphatic rings. The van der Waals surface area contributed by atoms with Gasteiger partial charge in [0.2, 0.25) is 0 Å². The number of halogens is 1. The normalized spacial score (nSPS) is 14.9. The molecule has 0 fully saturated rings. The Bertz CT molecular complexity index is 339. The van der Waals surface area contributed by atoms with Gasteiger partial charge in [-0.15, -0.1) is 0 Å². The second kappa shape index (κ2) is 5.88. The van der Waals surface area contributed by atoms with Crippen LogP contribution < -0.4 is 0 Å².